The second kappa shape index (κ2) is 4.74. The Balaban J connectivity index is 2.19. The quantitative estimate of drug-likeness (QED) is 0.862. The van der Waals surface area contributed by atoms with Gasteiger partial charge in [0, 0.05) is 19.3 Å². The van der Waals surface area contributed by atoms with Crippen LogP contribution in [0.4, 0.5) is 5.69 Å². The van der Waals surface area contributed by atoms with E-state index in [1.807, 2.05) is 0 Å². The molecule has 0 spiro atoms. The topological polar surface area (TPSA) is 86.4 Å². The third-order valence-corrected chi connectivity index (χ3v) is 2.20. The van der Waals surface area contributed by atoms with Gasteiger partial charge in [-0.2, -0.15) is 5.10 Å². The van der Waals surface area contributed by atoms with E-state index < -0.39 is 11.3 Å². The summed E-state index contributed by atoms with van der Waals surface area (Å²) in [6.07, 6.45) is 4.21. The van der Waals surface area contributed by atoms with E-state index >= 15 is 0 Å². The summed E-state index contributed by atoms with van der Waals surface area (Å²) in [5.41, 5.74) is 0.0982. The van der Waals surface area contributed by atoms with Crippen LogP contribution in [0.15, 0.2) is 33.9 Å². The summed E-state index contributed by atoms with van der Waals surface area (Å²) in [5.74, 6) is -0.569. The lowest BCUT2D eigenvalue weighted by atomic mass is 10.3. The molecular weight excluding hydrogens is 238 g/mol. The van der Waals surface area contributed by atoms with Gasteiger partial charge in [-0.1, -0.05) is 0 Å². The smallest absolute Gasteiger partial charge is 0.291 e. The molecule has 2 aromatic heterocycles. The van der Waals surface area contributed by atoms with Crippen molar-refractivity contribution in [2.75, 3.05) is 12.4 Å². The third kappa shape index (κ3) is 2.40. The number of ether oxygens (including phenoxy) is 1. The van der Waals surface area contributed by atoms with Crippen LogP contribution in [0.2, 0.25) is 0 Å². The lowest BCUT2D eigenvalue weighted by Gasteiger charge is -2.02. The minimum atomic E-state index is -0.525. The number of nitrogens with zero attached hydrogens (tertiary/aromatic N) is 2. The van der Waals surface area contributed by atoms with Crippen LogP contribution >= 0.6 is 0 Å². The molecule has 2 rings (SSSR count). The van der Waals surface area contributed by atoms with Crippen LogP contribution in [0.3, 0.4) is 0 Å². The molecule has 1 N–H and O–H groups in total. The molecule has 94 valence electrons. The summed E-state index contributed by atoms with van der Waals surface area (Å²) in [4.78, 5) is 23.2. The molecule has 0 bridgehead atoms. The summed E-state index contributed by atoms with van der Waals surface area (Å²) < 4.78 is 11.3. The molecule has 18 heavy (non-hydrogen) atoms. The van der Waals surface area contributed by atoms with E-state index in [1.54, 1.807) is 17.9 Å². The second-order valence-corrected chi connectivity index (χ2v) is 3.53. The highest BCUT2D eigenvalue weighted by atomic mass is 16.5. The standard InChI is InChI=1S/C11H11N3O4/c1-14-5-7(4-12-14)13-11(16)9-3-8(15)10(17-2)6-18-9/h3-6H,1-2H3,(H,13,16). The Morgan fingerprint density at radius 2 is 2.33 bits per heavy atom. The Labute approximate surface area is 102 Å². The fourth-order valence-electron chi connectivity index (χ4n) is 1.35. The Morgan fingerprint density at radius 1 is 1.56 bits per heavy atom. The summed E-state index contributed by atoms with van der Waals surface area (Å²) in [6, 6.07) is 1.07. The van der Waals surface area contributed by atoms with Gasteiger partial charge in [-0.3, -0.25) is 14.3 Å². The molecule has 2 heterocycles. The highest BCUT2D eigenvalue weighted by Crippen LogP contribution is 2.09. The summed E-state index contributed by atoms with van der Waals surface area (Å²) >= 11 is 0. The molecule has 0 aliphatic rings. The number of methoxy groups -OCH3 is 1. The minimum absolute atomic E-state index is 0.0490. The summed E-state index contributed by atoms with van der Waals surface area (Å²) in [6.45, 7) is 0. The number of carbonyl (C=O) groups excluding carboxylic acids is 1. The number of hydrogen-bond donors (Lipinski definition) is 1. The molecule has 2 aromatic rings. The van der Waals surface area contributed by atoms with E-state index in [2.05, 4.69) is 10.4 Å². The van der Waals surface area contributed by atoms with E-state index in [-0.39, 0.29) is 11.5 Å². The van der Waals surface area contributed by atoms with E-state index in [0.717, 1.165) is 12.3 Å². The Kier molecular flexibility index (Phi) is 3.13. The van der Waals surface area contributed by atoms with Crippen molar-refractivity contribution in [1.82, 2.24) is 9.78 Å². The Bertz CT molecular complexity index is 629. The Hall–Kier alpha value is -2.57. The van der Waals surface area contributed by atoms with Crippen LogP contribution in [0.1, 0.15) is 10.6 Å². The molecule has 7 nitrogen and oxygen atoms in total. The van der Waals surface area contributed by atoms with Crippen LogP contribution in [0.5, 0.6) is 5.75 Å². The average molecular weight is 249 g/mol. The maximum atomic E-state index is 11.8. The number of aryl methyl sites for hydroxylation is 1. The SMILES string of the molecule is COc1coc(C(=O)Nc2cnn(C)c2)cc1=O. The lowest BCUT2D eigenvalue weighted by molar-refractivity contribution is 0.0993. The minimum Gasteiger partial charge on any atom is -0.490 e. The van der Waals surface area contributed by atoms with Gasteiger partial charge >= 0.3 is 0 Å². The van der Waals surface area contributed by atoms with Crippen molar-refractivity contribution in [2.45, 2.75) is 0 Å². The predicted molar refractivity (Wildman–Crippen MR) is 62.7 cm³/mol. The maximum absolute atomic E-state index is 11.8. The highest BCUT2D eigenvalue weighted by Gasteiger charge is 2.12. The van der Waals surface area contributed by atoms with E-state index in [9.17, 15) is 9.59 Å². The number of anilines is 1. The molecule has 0 unspecified atom stereocenters. The van der Waals surface area contributed by atoms with Crippen LogP contribution in [0.25, 0.3) is 0 Å². The van der Waals surface area contributed by atoms with Crippen molar-refractivity contribution in [2.24, 2.45) is 7.05 Å². The molecule has 0 fully saturated rings. The van der Waals surface area contributed by atoms with Crippen LogP contribution in [0, 0.1) is 0 Å². The van der Waals surface area contributed by atoms with E-state index in [1.165, 1.54) is 13.3 Å². The number of carbonyl (C=O) groups is 1. The molecule has 1 amide bonds. The molecule has 0 aliphatic carbocycles. The molecule has 0 saturated carbocycles. The lowest BCUT2D eigenvalue weighted by Crippen LogP contribution is -2.15. The van der Waals surface area contributed by atoms with Gasteiger partial charge in [-0.05, 0) is 0 Å². The van der Waals surface area contributed by atoms with Crippen molar-refractivity contribution in [3.8, 4) is 5.75 Å². The highest BCUT2D eigenvalue weighted by molar-refractivity contribution is 6.01. The third-order valence-electron chi connectivity index (χ3n) is 2.20. The van der Waals surface area contributed by atoms with Crippen LogP contribution in [-0.4, -0.2) is 22.8 Å². The van der Waals surface area contributed by atoms with Crippen molar-refractivity contribution in [3.63, 3.8) is 0 Å². The molecule has 0 atom stereocenters. The zero-order valence-electron chi connectivity index (χ0n) is 9.84. The fraction of sp³-hybridized carbons (Fsp3) is 0.182. The summed E-state index contributed by atoms with van der Waals surface area (Å²) in [5, 5.41) is 6.45. The van der Waals surface area contributed by atoms with Crippen molar-refractivity contribution in [3.05, 3.63) is 40.7 Å². The number of amides is 1. The van der Waals surface area contributed by atoms with Crippen molar-refractivity contribution in [1.29, 1.82) is 0 Å². The zero-order valence-corrected chi connectivity index (χ0v) is 9.84. The first-order valence-corrected chi connectivity index (χ1v) is 5.07. The van der Waals surface area contributed by atoms with Gasteiger partial charge in [0.15, 0.2) is 5.76 Å². The van der Waals surface area contributed by atoms with Crippen molar-refractivity contribution < 1.29 is 13.9 Å². The normalized spacial score (nSPS) is 10.1. The van der Waals surface area contributed by atoms with Gasteiger partial charge in [0.25, 0.3) is 5.91 Å². The monoisotopic (exact) mass is 249 g/mol. The number of nitrogens with one attached hydrogen (secondary N) is 1. The van der Waals surface area contributed by atoms with Gasteiger partial charge in [0.05, 0.1) is 19.0 Å². The molecule has 0 aromatic carbocycles. The van der Waals surface area contributed by atoms with Crippen LogP contribution in [-0.2, 0) is 7.05 Å². The van der Waals surface area contributed by atoms with Gasteiger partial charge < -0.3 is 14.5 Å². The van der Waals surface area contributed by atoms with Gasteiger partial charge in [0.2, 0.25) is 11.2 Å². The number of rotatable bonds is 3. The fourth-order valence-corrected chi connectivity index (χ4v) is 1.35. The van der Waals surface area contributed by atoms with Gasteiger partial charge in [-0.15, -0.1) is 0 Å². The molecule has 0 saturated heterocycles. The first-order chi connectivity index (χ1) is 8.60. The number of hydrogen-bond acceptors (Lipinski definition) is 5. The zero-order chi connectivity index (χ0) is 13.1. The molecular formula is C11H11N3O4. The van der Waals surface area contributed by atoms with E-state index in [4.69, 9.17) is 9.15 Å². The van der Waals surface area contributed by atoms with Gasteiger partial charge in [-0.25, -0.2) is 0 Å². The first kappa shape index (κ1) is 11.9. The van der Waals surface area contributed by atoms with Crippen molar-refractivity contribution >= 4 is 11.6 Å². The second-order valence-electron chi connectivity index (χ2n) is 3.53. The van der Waals surface area contributed by atoms with E-state index in [0.29, 0.717) is 5.69 Å². The molecule has 0 aliphatic heterocycles. The van der Waals surface area contributed by atoms with Crippen LogP contribution < -0.4 is 15.5 Å². The first-order valence-electron chi connectivity index (χ1n) is 5.07. The molecule has 7 heteroatoms. The Morgan fingerprint density at radius 3 is 2.89 bits per heavy atom. The summed E-state index contributed by atoms with van der Waals surface area (Å²) in [7, 11) is 3.07. The molecule has 0 radical (unpaired) electrons. The largest absolute Gasteiger partial charge is 0.490 e. The van der Waals surface area contributed by atoms with Gasteiger partial charge in [0.1, 0.15) is 6.26 Å². The predicted octanol–water partition coefficient (Wildman–Crippen LogP) is 0.634. The number of aromatic nitrogens is 2. The average Bonchev–Trinajstić information content (AvgIpc) is 2.74. The maximum Gasteiger partial charge on any atom is 0.291 e.